The van der Waals surface area contributed by atoms with Gasteiger partial charge in [0.1, 0.15) is 29.3 Å². The molecular formula is C21H20N4OS. The molecule has 3 aromatic heterocycles. The lowest BCUT2D eigenvalue weighted by atomic mass is 10.1. The highest BCUT2D eigenvalue weighted by atomic mass is 32.1. The average Bonchev–Trinajstić information content (AvgIpc) is 3.10. The molecule has 0 saturated carbocycles. The Balaban J connectivity index is 1.31. The number of aromatic nitrogens is 3. The molecule has 0 radical (unpaired) electrons. The van der Waals surface area contributed by atoms with E-state index in [0.717, 1.165) is 40.4 Å². The number of hydrogen-bond donors (Lipinski definition) is 1. The minimum Gasteiger partial charge on any atom is -0.487 e. The lowest BCUT2D eigenvalue weighted by Gasteiger charge is -2.09. The quantitative estimate of drug-likeness (QED) is 0.510. The van der Waals surface area contributed by atoms with Crippen molar-refractivity contribution in [1.82, 2.24) is 15.0 Å². The van der Waals surface area contributed by atoms with Crippen LogP contribution in [0.3, 0.4) is 0 Å². The van der Waals surface area contributed by atoms with Crippen LogP contribution in [0.4, 0.5) is 5.82 Å². The summed E-state index contributed by atoms with van der Waals surface area (Å²) >= 11 is 1.65. The first-order chi connectivity index (χ1) is 13.3. The van der Waals surface area contributed by atoms with E-state index in [4.69, 9.17) is 4.74 Å². The Morgan fingerprint density at radius 1 is 1.04 bits per heavy atom. The Kier molecular flexibility index (Phi) is 5.25. The molecule has 1 aromatic carbocycles. The topological polar surface area (TPSA) is 59.9 Å². The molecule has 5 nitrogen and oxygen atoms in total. The van der Waals surface area contributed by atoms with Crippen LogP contribution < -0.4 is 10.1 Å². The van der Waals surface area contributed by atoms with Crippen LogP contribution in [0.25, 0.3) is 10.2 Å². The van der Waals surface area contributed by atoms with Crippen LogP contribution in [0, 0.1) is 6.92 Å². The molecule has 0 bridgehead atoms. The first-order valence-electron chi connectivity index (χ1n) is 8.84. The minimum atomic E-state index is 0.478. The van der Waals surface area contributed by atoms with E-state index in [2.05, 4.69) is 44.7 Å². The van der Waals surface area contributed by atoms with Crippen LogP contribution in [0.5, 0.6) is 5.75 Å². The van der Waals surface area contributed by atoms with Crippen LogP contribution in [0.2, 0.25) is 0 Å². The van der Waals surface area contributed by atoms with Crippen molar-refractivity contribution in [1.29, 1.82) is 0 Å². The van der Waals surface area contributed by atoms with Crippen LogP contribution >= 0.6 is 11.3 Å². The second kappa shape index (κ2) is 8.14. The summed E-state index contributed by atoms with van der Waals surface area (Å²) in [5, 5.41) is 6.69. The van der Waals surface area contributed by atoms with E-state index < -0.39 is 0 Å². The number of anilines is 1. The van der Waals surface area contributed by atoms with Crippen molar-refractivity contribution >= 4 is 27.4 Å². The molecule has 136 valence electrons. The molecule has 0 saturated heterocycles. The summed E-state index contributed by atoms with van der Waals surface area (Å²) < 4.78 is 5.78. The number of nitrogens with zero attached hydrogens (tertiary/aromatic N) is 3. The van der Waals surface area contributed by atoms with Crippen molar-refractivity contribution < 1.29 is 4.74 Å². The van der Waals surface area contributed by atoms with Gasteiger partial charge in [-0.2, -0.15) is 0 Å². The Bertz CT molecular complexity index is 1020. The Labute approximate surface area is 162 Å². The van der Waals surface area contributed by atoms with E-state index in [1.54, 1.807) is 23.9 Å². The fourth-order valence-corrected chi connectivity index (χ4v) is 3.76. The number of benzene rings is 1. The Hall–Kier alpha value is -2.99. The van der Waals surface area contributed by atoms with E-state index in [1.807, 2.05) is 30.3 Å². The lowest BCUT2D eigenvalue weighted by Crippen LogP contribution is -2.07. The predicted molar refractivity (Wildman–Crippen MR) is 109 cm³/mol. The van der Waals surface area contributed by atoms with Gasteiger partial charge in [-0.1, -0.05) is 18.2 Å². The number of hydrogen-bond acceptors (Lipinski definition) is 6. The molecule has 0 amide bonds. The molecular weight excluding hydrogens is 356 g/mol. The summed E-state index contributed by atoms with van der Waals surface area (Å²) in [7, 11) is 0. The van der Waals surface area contributed by atoms with Gasteiger partial charge in [-0.25, -0.2) is 9.97 Å². The molecule has 0 spiro atoms. The second-order valence-electron chi connectivity index (χ2n) is 6.25. The maximum Gasteiger partial charge on any atom is 0.138 e. The number of pyridine rings is 1. The number of ether oxygens (including phenoxy) is 1. The summed E-state index contributed by atoms with van der Waals surface area (Å²) in [6, 6.07) is 14.0. The van der Waals surface area contributed by atoms with Gasteiger partial charge < -0.3 is 10.1 Å². The van der Waals surface area contributed by atoms with E-state index >= 15 is 0 Å². The molecule has 0 aliphatic rings. The average molecular weight is 376 g/mol. The molecule has 1 N–H and O–H groups in total. The largest absolute Gasteiger partial charge is 0.487 e. The monoisotopic (exact) mass is 376 g/mol. The van der Waals surface area contributed by atoms with Crippen LogP contribution in [-0.2, 0) is 13.0 Å². The molecule has 27 heavy (non-hydrogen) atoms. The highest BCUT2D eigenvalue weighted by molar-refractivity contribution is 7.17. The van der Waals surface area contributed by atoms with Crippen molar-refractivity contribution in [3.8, 4) is 5.75 Å². The standard InChI is InChI=1S/C21H20N4OS/c1-15-13-27-21-19(15)20(24-14-25-21)23-11-9-16-5-7-18(8-6-16)26-12-17-4-2-3-10-22-17/h2-8,10,13-14H,9,11-12H2,1H3,(H,23,24,25). The maximum absolute atomic E-state index is 5.78. The van der Waals surface area contributed by atoms with Crippen molar-refractivity contribution in [2.24, 2.45) is 0 Å². The third-order valence-electron chi connectivity index (χ3n) is 4.30. The molecule has 3 heterocycles. The molecule has 4 aromatic rings. The molecule has 0 aliphatic carbocycles. The molecule has 4 rings (SSSR count). The van der Waals surface area contributed by atoms with Gasteiger partial charge in [-0.05, 0) is 54.1 Å². The van der Waals surface area contributed by atoms with E-state index in [0.29, 0.717) is 6.61 Å². The lowest BCUT2D eigenvalue weighted by molar-refractivity contribution is 0.301. The first-order valence-corrected chi connectivity index (χ1v) is 9.72. The number of fused-ring (bicyclic) bond motifs is 1. The van der Waals surface area contributed by atoms with Gasteiger partial charge in [-0.3, -0.25) is 4.98 Å². The first kappa shape index (κ1) is 17.4. The number of rotatable bonds is 7. The minimum absolute atomic E-state index is 0.478. The summed E-state index contributed by atoms with van der Waals surface area (Å²) in [6.07, 6.45) is 4.31. The summed E-state index contributed by atoms with van der Waals surface area (Å²) in [5.41, 5.74) is 3.39. The predicted octanol–water partition coefficient (Wildman–Crippen LogP) is 4.63. The summed E-state index contributed by atoms with van der Waals surface area (Å²) in [6.45, 7) is 3.39. The number of thiophene rings is 1. The highest BCUT2D eigenvalue weighted by Gasteiger charge is 2.08. The summed E-state index contributed by atoms with van der Waals surface area (Å²) in [5.74, 6) is 1.76. The Morgan fingerprint density at radius 3 is 2.74 bits per heavy atom. The van der Waals surface area contributed by atoms with Crippen molar-refractivity contribution in [2.45, 2.75) is 20.0 Å². The Morgan fingerprint density at radius 2 is 1.93 bits per heavy atom. The normalized spacial score (nSPS) is 10.9. The summed E-state index contributed by atoms with van der Waals surface area (Å²) in [4.78, 5) is 14.0. The van der Waals surface area contributed by atoms with Gasteiger partial charge in [0, 0.05) is 12.7 Å². The number of aryl methyl sites for hydroxylation is 1. The third-order valence-corrected chi connectivity index (χ3v) is 5.30. The van der Waals surface area contributed by atoms with Crippen molar-refractivity contribution in [3.63, 3.8) is 0 Å². The van der Waals surface area contributed by atoms with Gasteiger partial charge in [0.15, 0.2) is 0 Å². The second-order valence-corrected chi connectivity index (χ2v) is 7.11. The van der Waals surface area contributed by atoms with Crippen LogP contribution in [0.15, 0.2) is 60.4 Å². The SMILES string of the molecule is Cc1csc2ncnc(NCCc3ccc(OCc4ccccn4)cc3)c12. The third kappa shape index (κ3) is 4.23. The molecule has 0 unspecified atom stereocenters. The van der Waals surface area contributed by atoms with Gasteiger partial charge in [0.25, 0.3) is 0 Å². The van der Waals surface area contributed by atoms with E-state index in [1.165, 1.54) is 11.1 Å². The van der Waals surface area contributed by atoms with Gasteiger partial charge in [0.05, 0.1) is 11.1 Å². The van der Waals surface area contributed by atoms with Crippen molar-refractivity contribution in [2.75, 3.05) is 11.9 Å². The van der Waals surface area contributed by atoms with E-state index in [9.17, 15) is 0 Å². The smallest absolute Gasteiger partial charge is 0.138 e. The molecule has 0 atom stereocenters. The highest BCUT2D eigenvalue weighted by Crippen LogP contribution is 2.28. The van der Waals surface area contributed by atoms with Crippen LogP contribution in [0.1, 0.15) is 16.8 Å². The molecule has 6 heteroatoms. The fourth-order valence-electron chi connectivity index (χ4n) is 2.87. The molecule has 0 fully saturated rings. The maximum atomic E-state index is 5.78. The van der Waals surface area contributed by atoms with Gasteiger partial charge in [0.2, 0.25) is 0 Å². The zero-order valence-corrected chi connectivity index (χ0v) is 15.9. The fraction of sp³-hybridized carbons (Fsp3) is 0.190. The van der Waals surface area contributed by atoms with E-state index in [-0.39, 0.29) is 0 Å². The van der Waals surface area contributed by atoms with Crippen molar-refractivity contribution in [3.05, 3.63) is 77.2 Å². The van der Waals surface area contributed by atoms with Gasteiger partial charge >= 0.3 is 0 Å². The number of nitrogens with one attached hydrogen (secondary N) is 1. The zero-order valence-electron chi connectivity index (χ0n) is 15.1. The van der Waals surface area contributed by atoms with Crippen LogP contribution in [-0.4, -0.2) is 21.5 Å². The van der Waals surface area contributed by atoms with Gasteiger partial charge in [-0.15, -0.1) is 11.3 Å². The molecule has 0 aliphatic heterocycles. The zero-order chi connectivity index (χ0) is 18.5.